The predicted molar refractivity (Wildman–Crippen MR) is 77.8 cm³/mol. The molecule has 106 valence electrons. The molecule has 0 bridgehead atoms. The summed E-state index contributed by atoms with van der Waals surface area (Å²) in [5, 5.41) is -0.0555. The standard InChI is InChI=1S/C16H11F3NS/c17-14(15(18)19)16-20(10-11-6-2-1-3-7-11)12-8-4-5-9-13(12)21-16/h1-9H,10H2/q+1. The lowest BCUT2D eigenvalue weighted by Crippen LogP contribution is -2.36. The van der Waals surface area contributed by atoms with Crippen molar-refractivity contribution in [2.24, 2.45) is 0 Å². The fraction of sp³-hybridized carbons (Fsp3) is 0.0625. The lowest BCUT2D eigenvalue weighted by Gasteiger charge is -1.98. The fourth-order valence-electron chi connectivity index (χ4n) is 2.20. The van der Waals surface area contributed by atoms with Crippen LogP contribution < -0.4 is 4.57 Å². The molecular formula is C16H11F3NS+. The number of thiazole rings is 1. The SMILES string of the molecule is FC(F)=C(F)c1sc2ccccc2[n+]1Cc1ccccc1. The number of rotatable bonds is 3. The summed E-state index contributed by atoms with van der Waals surface area (Å²) in [5.41, 5.74) is 1.68. The molecule has 5 heteroatoms. The molecule has 1 nitrogen and oxygen atoms in total. The Morgan fingerprint density at radius 2 is 1.57 bits per heavy atom. The first-order valence-corrected chi connectivity index (χ1v) is 7.15. The van der Waals surface area contributed by atoms with E-state index < -0.39 is 11.9 Å². The summed E-state index contributed by atoms with van der Waals surface area (Å²) < 4.78 is 41.5. The molecular weight excluding hydrogens is 295 g/mol. The van der Waals surface area contributed by atoms with Crippen molar-refractivity contribution in [2.45, 2.75) is 6.54 Å². The first kappa shape index (κ1) is 13.8. The van der Waals surface area contributed by atoms with Crippen molar-refractivity contribution in [3.63, 3.8) is 0 Å². The van der Waals surface area contributed by atoms with E-state index in [-0.39, 0.29) is 5.01 Å². The molecule has 0 aliphatic carbocycles. The molecule has 0 saturated heterocycles. The molecule has 21 heavy (non-hydrogen) atoms. The Hall–Kier alpha value is -2.14. The zero-order valence-corrected chi connectivity index (χ0v) is 11.7. The van der Waals surface area contributed by atoms with E-state index in [1.807, 2.05) is 48.5 Å². The molecule has 0 atom stereocenters. The summed E-state index contributed by atoms with van der Waals surface area (Å²) in [6.07, 6.45) is -2.29. The summed E-state index contributed by atoms with van der Waals surface area (Å²) in [5.74, 6) is -1.45. The van der Waals surface area contributed by atoms with Crippen LogP contribution in [0.2, 0.25) is 0 Å². The van der Waals surface area contributed by atoms with Crippen LogP contribution in [0, 0.1) is 0 Å². The average Bonchev–Trinajstić information content (AvgIpc) is 2.86. The van der Waals surface area contributed by atoms with Gasteiger partial charge in [-0.15, -0.1) is 0 Å². The van der Waals surface area contributed by atoms with Crippen molar-refractivity contribution < 1.29 is 17.7 Å². The van der Waals surface area contributed by atoms with Crippen LogP contribution in [0.25, 0.3) is 16.0 Å². The van der Waals surface area contributed by atoms with Gasteiger partial charge in [0.25, 0.3) is 5.83 Å². The molecule has 1 aromatic heterocycles. The first-order chi connectivity index (χ1) is 10.2. The Kier molecular flexibility index (Phi) is 3.75. The van der Waals surface area contributed by atoms with Gasteiger partial charge in [0.1, 0.15) is 4.70 Å². The zero-order chi connectivity index (χ0) is 14.8. The Morgan fingerprint density at radius 3 is 2.29 bits per heavy atom. The summed E-state index contributed by atoms with van der Waals surface area (Å²) >= 11 is 1.03. The van der Waals surface area contributed by atoms with Crippen molar-refractivity contribution in [1.82, 2.24) is 0 Å². The van der Waals surface area contributed by atoms with E-state index in [4.69, 9.17) is 0 Å². The number of para-hydroxylation sites is 1. The third kappa shape index (κ3) is 2.69. The monoisotopic (exact) mass is 306 g/mol. The molecule has 0 fully saturated rings. The Labute approximate surface area is 123 Å². The van der Waals surface area contributed by atoms with E-state index in [9.17, 15) is 13.2 Å². The van der Waals surface area contributed by atoms with Crippen LogP contribution in [-0.4, -0.2) is 0 Å². The van der Waals surface area contributed by atoms with Gasteiger partial charge >= 0.3 is 11.1 Å². The van der Waals surface area contributed by atoms with Gasteiger partial charge in [-0.1, -0.05) is 53.8 Å². The molecule has 0 saturated carbocycles. The van der Waals surface area contributed by atoms with Gasteiger partial charge in [-0.3, -0.25) is 0 Å². The summed E-state index contributed by atoms with van der Waals surface area (Å²) in [6, 6.07) is 16.6. The highest BCUT2D eigenvalue weighted by Crippen LogP contribution is 2.29. The number of hydrogen-bond acceptors (Lipinski definition) is 1. The van der Waals surface area contributed by atoms with Crippen molar-refractivity contribution in [3.05, 3.63) is 71.2 Å². The quantitative estimate of drug-likeness (QED) is 0.614. The smallest absolute Gasteiger partial charge is 0.193 e. The highest BCUT2D eigenvalue weighted by Gasteiger charge is 2.27. The maximum absolute atomic E-state index is 13.8. The number of nitrogens with zero attached hydrogens (tertiary/aromatic N) is 1. The van der Waals surface area contributed by atoms with E-state index >= 15 is 0 Å². The first-order valence-electron chi connectivity index (χ1n) is 6.33. The van der Waals surface area contributed by atoms with Crippen LogP contribution in [0.3, 0.4) is 0 Å². The van der Waals surface area contributed by atoms with Crippen molar-refractivity contribution in [1.29, 1.82) is 0 Å². The second kappa shape index (κ2) is 5.69. The maximum Gasteiger partial charge on any atom is 0.313 e. The molecule has 0 aliphatic heterocycles. The topological polar surface area (TPSA) is 3.88 Å². The van der Waals surface area contributed by atoms with Crippen LogP contribution in [0.5, 0.6) is 0 Å². The molecule has 3 rings (SSSR count). The molecule has 0 unspecified atom stereocenters. The van der Waals surface area contributed by atoms with Gasteiger partial charge in [-0.25, -0.2) is 0 Å². The van der Waals surface area contributed by atoms with Gasteiger partial charge in [0.15, 0.2) is 6.54 Å². The van der Waals surface area contributed by atoms with Crippen LogP contribution >= 0.6 is 11.3 Å². The highest BCUT2D eigenvalue weighted by atomic mass is 32.1. The minimum Gasteiger partial charge on any atom is -0.193 e. The van der Waals surface area contributed by atoms with Crippen LogP contribution in [0.4, 0.5) is 13.2 Å². The number of hydrogen-bond donors (Lipinski definition) is 0. The molecule has 0 aliphatic rings. The second-order valence-corrected chi connectivity index (χ2v) is 5.55. The average molecular weight is 306 g/mol. The lowest BCUT2D eigenvalue weighted by molar-refractivity contribution is -0.660. The van der Waals surface area contributed by atoms with Crippen molar-refractivity contribution >= 4 is 27.4 Å². The number of benzene rings is 2. The van der Waals surface area contributed by atoms with Gasteiger partial charge in [0.2, 0.25) is 5.52 Å². The molecule has 1 heterocycles. The lowest BCUT2D eigenvalue weighted by atomic mass is 10.2. The van der Waals surface area contributed by atoms with Gasteiger partial charge in [0, 0.05) is 11.6 Å². The zero-order valence-electron chi connectivity index (χ0n) is 10.9. The Balaban J connectivity index is 2.19. The minimum absolute atomic E-state index is 0.0555. The van der Waals surface area contributed by atoms with Gasteiger partial charge in [-0.2, -0.15) is 17.7 Å². The molecule has 0 spiro atoms. The Bertz CT molecular complexity index is 805. The maximum atomic E-state index is 13.8. The predicted octanol–water partition coefficient (Wildman–Crippen LogP) is 4.77. The van der Waals surface area contributed by atoms with Gasteiger partial charge < -0.3 is 0 Å². The number of fused-ring (bicyclic) bond motifs is 1. The van der Waals surface area contributed by atoms with Crippen molar-refractivity contribution in [2.75, 3.05) is 0 Å². The molecule has 3 aromatic rings. The number of aromatic nitrogens is 1. The third-order valence-electron chi connectivity index (χ3n) is 3.15. The molecule has 0 N–H and O–H groups in total. The Morgan fingerprint density at radius 1 is 0.905 bits per heavy atom. The molecule has 0 amide bonds. The van der Waals surface area contributed by atoms with E-state index in [2.05, 4.69) is 0 Å². The molecule has 0 radical (unpaired) electrons. The van der Waals surface area contributed by atoms with E-state index in [1.54, 1.807) is 10.6 Å². The normalized spacial score (nSPS) is 10.8. The van der Waals surface area contributed by atoms with Gasteiger partial charge in [-0.05, 0) is 6.07 Å². The van der Waals surface area contributed by atoms with E-state index in [0.717, 1.165) is 27.1 Å². The fourth-order valence-corrected chi connectivity index (χ4v) is 3.28. The summed E-state index contributed by atoms with van der Waals surface area (Å²) in [6.45, 7) is 0.348. The highest BCUT2D eigenvalue weighted by molar-refractivity contribution is 7.19. The largest absolute Gasteiger partial charge is 0.313 e. The van der Waals surface area contributed by atoms with Crippen LogP contribution in [0.15, 0.2) is 60.7 Å². The van der Waals surface area contributed by atoms with E-state index in [0.29, 0.717) is 6.54 Å². The minimum atomic E-state index is -2.29. The third-order valence-corrected chi connectivity index (χ3v) is 4.30. The summed E-state index contributed by atoms with van der Waals surface area (Å²) in [7, 11) is 0. The second-order valence-electron chi connectivity index (χ2n) is 4.52. The van der Waals surface area contributed by atoms with Crippen LogP contribution in [0.1, 0.15) is 10.6 Å². The van der Waals surface area contributed by atoms with Crippen LogP contribution in [-0.2, 0) is 6.54 Å². The van der Waals surface area contributed by atoms with Crippen molar-refractivity contribution in [3.8, 4) is 0 Å². The van der Waals surface area contributed by atoms with Gasteiger partial charge in [0.05, 0.1) is 0 Å². The molecule has 2 aromatic carbocycles. The number of halogens is 3. The summed E-state index contributed by atoms with van der Waals surface area (Å²) in [4.78, 5) is 0. The van der Waals surface area contributed by atoms with E-state index in [1.165, 1.54) is 0 Å².